The lowest BCUT2D eigenvalue weighted by molar-refractivity contribution is -0.137. The molecule has 33 heavy (non-hydrogen) atoms. The van der Waals surface area contributed by atoms with Crippen molar-refractivity contribution >= 4 is 17.3 Å². The molecule has 3 aromatic rings. The van der Waals surface area contributed by atoms with Crippen LogP contribution >= 0.6 is 0 Å². The number of nitrogens with zero attached hydrogens (tertiary/aromatic N) is 2. The maximum atomic E-state index is 13.4. The number of amides is 1. The molecule has 9 heteroatoms. The van der Waals surface area contributed by atoms with Crippen molar-refractivity contribution in [2.24, 2.45) is 5.41 Å². The highest BCUT2D eigenvalue weighted by Gasteiger charge is 2.34. The molecule has 6 nitrogen and oxygen atoms in total. The summed E-state index contributed by atoms with van der Waals surface area (Å²) in [7, 11) is 0. The molecule has 0 spiro atoms. The van der Waals surface area contributed by atoms with E-state index in [9.17, 15) is 23.1 Å². The summed E-state index contributed by atoms with van der Waals surface area (Å²) in [6.45, 7) is 3.14. The zero-order chi connectivity index (χ0) is 23.6. The molecule has 4 rings (SSSR count). The van der Waals surface area contributed by atoms with Gasteiger partial charge in [0.15, 0.2) is 5.76 Å². The Morgan fingerprint density at radius 2 is 1.85 bits per heavy atom. The minimum Gasteiger partial charge on any atom is -0.451 e. The molecule has 0 radical (unpaired) electrons. The highest BCUT2D eigenvalue weighted by atomic mass is 19.4. The SMILES string of the molecule is CC1(CO)CCN(c2ccc(C(F)(F)F)cc2NC(=O)c2ccc(-c3ccncc3)o2)CC1. The van der Waals surface area contributed by atoms with Crippen LogP contribution in [0.4, 0.5) is 24.5 Å². The second-order valence-electron chi connectivity index (χ2n) is 8.54. The van der Waals surface area contributed by atoms with Crippen LogP contribution in [0.2, 0.25) is 0 Å². The summed E-state index contributed by atoms with van der Waals surface area (Å²) in [6.07, 6.45) is 0.00510. The summed E-state index contributed by atoms with van der Waals surface area (Å²) in [5.74, 6) is -0.212. The van der Waals surface area contributed by atoms with Gasteiger partial charge in [0.2, 0.25) is 0 Å². The van der Waals surface area contributed by atoms with Gasteiger partial charge in [-0.25, -0.2) is 0 Å². The van der Waals surface area contributed by atoms with Crippen molar-refractivity contribution in [3.05, 3.63) is 66.2 Å². The Hall–Kier alpha value is -3.33. The molecule has 0 saturated carbocycles. The third-order valence-corrected chi connectivity index (χ3v) is 6.06. The average Bonchev–Trinajstić information content (AvgIpc) is 3.30. The van der Waals surface area contributed by atoms with Gasteiger partial charge in [-0.15, -0.1) is 0 Å². The van der Waals surface area contributed by atoms with Crippen molar-refractivity contribution < 1.29 is 27.5 Å². The van der Waals surface area contributed by atoms with Crippen molar-refractivity contribution in [3.63, 3.8) is 0 Å². The maximum absolute atomic E-state index is 13.4. The second-order valence-corrected chi connectivity index (χ2v) is 8.54. The van der Waals surface area contributed by atoms with Crippen LogP contribution in [0.25, 0.3) is 11.3 Å². The van der Waals surface area contributed by atoms with E-state index in [0.29, 0.717) is 37.4 Å². The highest BCUT2D eigenvalue weighted by Crippen LogP contribution is 2.39. The van der Waals surface area contributed by atoms with E-state index in [1.165, 1.54) is 12.1 Å². The van der Waals surface area contributed by atoms with Crippen LogP contribution in [0.3, 0.4) is 0 Å². The third kappa shape index (κ3) is 5.03. The molecule has 1 fully saturated rings. The number of carbonyl (C=O) groups excluding carboxylic acids is 1. The van der Waals surface area contributed by atoms with E-state index in [-0.39, 0.29) is 23.5 Å². The zero-order valence-electron chi connectivity index (χ0n) is 18.0. The van der Waals surface area contributed by atoms with Crippen LogP contribution in [-0.4, -0.2) is 35.7 Å². The van der Waals surface area contributed by atoms with Crippen molar-refractivity contribution in [3.8, 4) is 11.3 Å². The van der Waals surface area contributed by atoms with Crippen molar-refractivity contribution in [2.45, 2.75) is 25.9 Å². The third-order valence-electron chi connectivity index (χ3n) is 6.06. The number of rotatable bonds is 5. The Labute approximate surface area is 189 Å². The molecule has 0 bridgehead atoms. The number of aliphatic hydroxyl groups is 1. The van der Waals surface area contributed by atoms with Crippen molar-refractivity contribution in [1.82, 2.24) is 4.98 Å². The fourth-order valence-corrected chi connectivity index (χ4v) is 3.85. The van der Waals surface area contributed by atoms with Crippen LogP contribution in [0.15, 0.2) is 59.3 Å². The molecular formula is C24H24F3N3O3. The van der Waals surface area contributed by atoms with Gasteiger partial charge in [-0.1, -0.05) is 6.92 Å². The summed E-state index contributed by atoms with van der Waals surface area (Å²) in [5, 5.41) is 12.2. The molecule has 0 atom stereocenters. The van der Waals surface area contributed by atoms with Crippen LogP contribution in [-0.2, 0) is 6.18 Å². The van der Waals surface area contributed by atoms with Gasteiger partial charge >= 0.3 is 6.18 Å². The number of furan rings is 1. The van der Waals surface area contributed by atoms with Crippen LogP contribution in [0.1, 0.15) is 35.9 Å². The van der Waals surface area contributed by atoms with Crippen molar-refractivity contribution in [1.29, 1.82) is 0 Å². The monoisotopic (exact) mass is 459 g/mol. The molecule has 1 aliphatic heterocycles. The first kappa shape index (κ1) is 22.8. The molecule has 2 N–H and O–H groups in total. The fraction of sp³-hybridized carbons (Fsp3) is 0.333. The van der Waals surface area contributed by atoms with Crippen LogP contribution in [0, 0.1) is 5.41 Å². The lowest BCUT2D eigenvalue weighted by atomic mass is 9.81. The van der Waals surface area contributed by atoms with Gasteiger partial charge in [0.05, 0.1) is 16.9 Å². The van der Waals surface area contributed by atoms with Gasteiger partial charge in [0.25, 0.3) is 5.91 Å². The topological polar surface area (TPSA) is 78.6 Å². The van der Waals surface area contributed by atoms with E-state index in [4.69, 9.17) is 4.42 Å². The van der Waals surface area contributed by atoms with E-state index in [0.717, 1.165) is 17.7 Å². The van der Waals surface area contributed by atoms with E-state index in [2.05, 4.69) is 10.3 Å². The number of nitrogens with one attached hydrogen (secondary N) is 1. The minimum absolute atomic E-state index is 0.0170. The van der Waals surface area contributed by atoms with Gasteiger partial charge < -0.3 is 19.7 Å². The molecular weight excluding hydrogens is 435 g/mol. The Morgan fingerprint density at radius 3 is 2.48 bits per heavy atom. The first-order chi connectivity index (χ1) is 15.7. The minimum atomic E-state index is -4.55. The van der Waals surface area contributed by atoms with E-state index in [1.807, 2.05) is 11.8 Å². The van der Waals surface area contributed by atoms with Gasteiger partial charge in [0.1, 0.15) is 5.76 Å². The predicted molar refractivity (Wildman–Crippen MR) is 118 cm³/mol. The molecule has 1 aromatic carbocycles. The molecule has 1 amide bonds. The zero-order valence-corrected chi connectivity index (χ0v) is 18.0. The molecule has 174 valence electrons. The summed E-state index contributed by atoms with van der Waals surface area (Å²) in [4.78, 5) is 18.7. The van der Waals surface area contributed by atoms with Crippen molar-refractivity contribution in [2.75, 3.05) is 29.9 Å². The smallest absolute Gasteiger partial charge is 0.416 e. The quantitative estimate of drug-likeness (QED) is 0.548. The lowest BCUT2D eigenvalue weighted by Gasteiger charge is -2.40. The number of alkyl halides is 3. The Kier molecular flexibility index (Phi) is 6.16. The number of halogens is 3. The highest BCUT2D eigenvalue weighted by molar-refractivity contribution is 6.04. The normalized spacial score (nSPS) is 16.0. The first-order valence-electron chi connectivity index (χ1n) is 10.6. The average molecular weight is 459 g/mol. The number of pyridine rings is 1. The number of hydrogen-bond donors (Lipinski definition) is 2. The number of aliphatic hydroxyl groups excluding tert-OH is 1. The standard InChI is InChI=1S/C24H24F3N3O3/c1-23(15-31)8-12-30(13-9-23)19-3-2-17(24(25,26)27)14-18(19)29-22(32)21-5-4-20(33-21)16-6-10-28-11-7-16/h2-7,10-11,14,31H,8-9,12-13,15H2,1H3,(H,29,32). The fourth-order valence-electron chi connectivity index (χ4n) is 3.85. The van der Waals surface area contributed by atoms with Gasteiger partial charge in [-0.3, -0.25) is 9.78 Å². The molecule has 0 aliphatic carbocycles. The van der Waals surface area contributed by atoms with E-state index in [1.54, 1.807) is 30.6 Å². The van der Waals surface area contributed by atoms with Gasteiger partial charge in [-0.05, 0) is 60.7 Å². The van der Waals surface area contributed by atoms with Crippen LogP contribution < -0.4 is 10.2 Å². The second kappa shape index (κ2) is 8.90. The van der Waals surface area contributed by atoms with Crippen LogP contribution in [0.5, 0.6) is 0 Å². The molecule has 1 saturated heterocycles. The number of hydrogen-bond acceptors (Lipinski definition) is 5. The van der Waals surface area contributed by atoms with Gasteiger partial charge in [-0.2, -0.15) is 13.2 Å². The Morgan fingerprint density at radius 1 is 1.15 bits per heavy atom. The number of aromatic nitrogens is 1. The number of carbonyl (C=O) groups is 1. The largest absolute Gasteiger partial charge is 0.451 e. The summed E-state index contributed by atoms with van der Waals surface area (Å²) in [5.41, 5.74) is 0.213. The number of benzene rings is 1. The molecule has 1 aliphatic rings. The Bertz CT molecular complexity index is 1120. The molecule has 3 heterocycles. The number of anilines is 2. The summed E-state index contributed by atoms with van der Waals surface area (Å²) in [6, 6.07) is 9.89. The summed E-state index contributed by atoms with van der Waals surface area (Å²) < 4.78 is 45.7. The van der Waals surface area contributed by atoms with E-state index < -0.39 is 17.6 Å². The van der Waals surface area contributed by atoms with E-state index >= 15 is 0 Å². The first-order valence-corrected chi connectivity index (χ1v) is 10.6. The maximum Gasteiger partial charge on any atom is 0.416 e. The Balaban J connectivity index is 1.60. The summed E-state index contributed by atoms with van der Waals surface area (Å²) >= 11 is 0. The number of piperidine rings is 1. The van der Waals surface area contributed by atoms with Gasteiger partial charge in [0, 0.05) is 37.7 Å². The molecule has 2 aromatic heterocycles. The lowest BCUT2D eigenvalue weighted by Crippen LogP contribution is -2.40. The predicted octanol–water partition coefficient (Wildman–Crippen LogP) is 5.21. The molecule has 0 unspecified atom stereocenters.